The summed E-state index contributed by atoms with van der Waals surface area (Å²) in [5.41, 5.74) is 0.717. The van der Waals surface area contributed by atoms with E-state index in [4.69, 9.17) is 9.47 Å². The Hall–Kier alpha value is -1.33. The fraction of sp³-hybridized carbons (Fsp3) is 0.467. The molecule has 1 heterocycles. The molecule has 24 heavy (non-hydrogen) atoms. The van der Waals surface area contributed by atoms with E-state index in [1.807, 2.05) is 6.07 Å². The molecule has 4 N–H and O–H groups in total. The number of ether oxygens (including phenoxy) is 2. The van der Waals surface area contributed by atoms with Crippen LogP contribution in [0, 0.1) is 0 Å². The first-order valence-electron chi connectivity index (χ1n) is 7.29. The molecule has 8 nitrogen and oxygen atoms in total. The average Bonchev–Trinajstić information content (AvgIpc) is 2.58. The average molecular weight is 359 g/mol. The van der Waals surface area contributed by atoms with Gasteiger partial charge in [-0.1, -0.05) is 30.3 Å². The van der Waals surface area contributed by atoms with Gasteiger partial charge in [0, 0.05) is 19.1 Å². The molecular weight excluding hydrogens is 338 g/mol. The highest BCUT2D eigenvalue weighted by Crippen LogP contribution is 2.21. The van der Waals surface area contributed by atoms with Crippen molar-refractivity contribution in [3.63, 3.8) is 0 Å². The van der Waals surface area contributed by atoms with Gasteiger partial charge in [-0.2, -0.15) is 0 Å². The zero-order valence-electron chi connectivity index (χ0n) is 13.0. The number of nitrogens with one attached hydrogen (secondary N) is 1. The van der Waals surface area contributed by atoms with Gasteiger partial charge in [0.1, 0.15) is 24.4 Å². The molecule has 0 spiro atoms. The minimum atomic E-state index is -3.76. The number of methoxy groups -OCH3 is 1. The summed E-state index contributed by atoms with van der Waals surface area (Å²) in [5, 5.41) is 30.3. The number of aliphatic hydroxyl groups is 3. The van der Waals surface area contributed by atoms with Gasteiger partial charge in [-0.05, 0) is 11.6 Å². The van der Waals surface area contributed by atoms with Crippen LogP contribution in [0.4, 0.5) is 0 Å². The van der Waals surface area contributed by atoms with Gasteiger partial charge in [0.05, 0.1) is 0 Å². The number of hydrogen-bond donors (Lipinski definition) is 4. The summed E-state index contributed by atoms with van der Waals surface area (Å²) in [6.45, 7) is -0.285. The fourth-order valence-electron chi connectivity index (χ4n) is 2.26. The molecule has 9 heteroatoms. The lowest BCUT2D eigenvalue weighted by molar-refractivity contribution is -0.287. The van der Waals surface area contributed by atoms with E-state index in [2.05, 4.69) is 4.72 Å². The first kappa shape index (κ1) is 19.0. The third-order valence-electron chi connectivity index (χ3n) is 3.63. The Labute approximate surface area is 140 Å². The van der Waals surface area contributed by atoms with Crippen molar-refractivity contribution in [1.82, 2.24) is 4.72 Å². The molecule has 1 aliphatic heterocycles. The first-order valence-corrected chi connectivity index (χ1v) is 8.84. The van der Waals surface area contributed by atoms with Crippen molar-refractivity contribution in [1.29, 1.82) is 0 Å². The summed E-state index contributed by atoms with van der Waals surface area (Å²) in [7, 11) is -2.50. The molecule has 5 atom stereocenters. The topological polar surface area (TPSA) is 125 Å². The van der Waals surface area contributed by atoms with Gasteiger partial charge in [-0.15, -0.1) is 0 Å². The van der Waals surface area contributed by atoms with Gasteiger partial charge in [0.15, 0.2) is 6.29 Å². The Balaban J connectivity index is 1.97. The van der Waals surface area contributed by atoms with E-state index >= 15 is 0 Å². The molecular formula is C15H21NO7S. The van der Waals surface area contributed by atoms with Gasteiger partial charge < -0.3 is 24.8 Å². The molecule has 134 valence electrons. The van der Waals surface area contributed by atoms with Gasteiger partial charge in [-0.25, -0.2) is 13.1 Å². The van der Waals surface area contributed by atoms with E-state index in [-0.39, 0.29) is 6.54 Å². The number of rotatable bonds is 6. The van der Waals surface area contributed by atoms with Crippen LogP contribution >= 0.6 is 0 Å². The Morgan fingerprint density at radius 1 is 1.17 bits per heavy atom. The first-order chi connectivity index (χ1) is 11.3. The fourth-order valence-corrected chi connectivity index (χ4v) is 3.09. The molecule has 0 radical (unpaired) electrons. The van der Waals surface area contributed by atoms with Crippen LogP contribution in [0.2, 0.25) is 0 Å². The van der Waals surface area contributed by atoms with Crippen molar-refractivity contribution < 1.29 is 33.2 Å². The van der Waals surface area contributed by atoms with Crippen molar-refractivity contribution in [2.75, 3.05) is 13.7 Å². The molecule has 0 aliphatic carbocycles. The summed E-state index contributed by atoms with van der Waals surface area (Å²) in [4.78, 5) is 0. The van der Waals surface area contributed by atoms with E-state index in [1.165, 1.54) is 13.2 Å². The van der Waals surface area contributed by atoms with E-state index in [0.29, 0.717) is 0 Å². The second-order valence-electron chi connectivity index (χ2n) is 5.36. The monoisotopic (exact) mass is 359 g/mol. The molecule has 0 amide bonds. The standard InChI is InChI=1S/C15H21NO7S/c1-22-15-14(19)13(18)12(17)11(23-15)9-16-24(20,21)8-7-10-5-3-2-4-6-10/h2-8,11-19H,9H2,1H3/b8-7+/t11-,12?,13-,14+,15?/m1/s1. The highest BCUT2D eigenvalue weighted by Gasteiger charge is 2.43. The molecule has 1 fully saturated rings. The summed E-state index contributed by atoms with van der Waals surface area (Å²) in [6, 6.07) is 8.88. The summed E-state index contributed by atoms with van der Waals surface area (Å²) < 4.78 is 36.3. The molecule has 1 aromatic rings. The summed E-state index contributed by atoms with van der Waals surface area (Å²) >= 11 is 0. The second-order valence-corrected chi connectivity index (χ2v) is 7.01. The molecule has 2 unspecified atom stereocenters. The lowest BCUT2D eigenvalue weighted by Gasteiger charge is -2.39. The zero-order chi connectivity index (χ0) is 17.7. The van der Waals surface area contributed by atoms with Crippen LogP contribution in [0.1, 0.15) is 5.56 Å². The van der Waals surface area contributed by atoms with Gasteiger partial charge >= 0.3 is 0 Å². The van der Waals surface area contributed by atoms with E-state index < -0.39 is 40.7 Å². The predicted molar refractivity (Wildman–Crippen MR) is 86.1 cm³/mol. The minimum absolute atomic E-state index is 0.285. The third kappa shape index (κ3) is 4.84. The Morgan fingerprint density at radius 3 is 2.46 bits per heavy atom. The van der Waals surface area contributed by atoms with Gasteiger partial charge in [0.2, 0.25) is 10.0 Å². The third-order valence-corrected chi connectivity index (χ3v) is 4.69. The summed E-state index contributed by atoms with van der Waals surface area (Å²) in [5.74, 6) is 0. The highest BCUT2D eigenvalue weighted by atomic mass is 32.2. The molecule has 2 rings (SSSR count). The Morgan fingerprint density at radius 2 is 1.83 bits per heavy atom. The number of sulfonamides is 1. The second kappa shape index (κ2) is 8.17. The van der Waals surface area contributed by atoms with Gasteiger partial charge in [-0.3, -0.25) is 0 Å². The maximum atomic E-state index is 12.0. The molecule has 0 saturated carbocycles. The van der Waals surface area contributed by atoms with Crippen LogP contribution < -0.4 is 4.72 Å². The van der Waals surface area contributed by atoms with Crippen LogP contribution in [0.5, 0.6) is 0 Å². The number of hydrogen-bond acceptors (Lipinski definition) is 7. The quantitative estimate of drug-likeness (QED) is 0.515. The Bertz CT molecular complexity index is 647. The Kier molecular flexibility index (Phi) is 6.47. The van der Waals surface area contributed by atoms with Crippen molar-refractivity contribution in [2.45, 2.75) is 30.7 Å². The van der Waals surface area contributed by atoms with Crippen molar-refractivity contribution in [3.8, 4) is 0 Å². The van der Waals surface area contributed by atoms with Gasteiger partial charge in [0.25, 0.3) is 0 Å². The molecule has 0 aromatic heterocycles. The molecule has 0 bridgehead atoms. The highest BCUT2D eigenvalue weighted by molar-refractivity contribution is 7.92. The van der Waals surface area contributed by atoms with Crippen LogP contribution in [-0.4, -0.2) is 68.1 Å². The van der Waals surface area contributed by atoms with Crippen molar-refractivity contribution in [3.05, 3.63) is 41.3 Å². The van der Waals surface area contributed by atoms with Crippen LogP contribution in [0.15, 0.2) is 35.7 Å². The lowest BCUT2D eigenvalue weighted by atomic mass is 9.99. The van der Waals surface area contributed by atoms with E-state index in [1.54, 1.807) is 24.3 Å². The minimum Gasteiger partial charge on any atom is -0.388 e. The van der Waals surface area contributed by atoms with Crippen LogP contribution in [0.3, 0.4) is 0 Å². The van der Waals surface area contributed by atoms with Crippen LogP contribution in [0.25, 0.3) is 6.08 Å². The smallest absolute Gasteiger partial charge is 0.233 e. The predicted octanol–water partition coefficient (Wildman–Crippen LogP) is -0.969. The lowest BCUT2D eigenvalue weighted by Crippen LogP contribution is -2.60. The van der Waals surface area contributed by atoms with Crippen molar-refractivity contribution in [2.24, 2.45) is 0 Å². The van der Waals surface area contributed by atoms with E-state index in [9.17, 15) is 23.7 Å². The summed E-state index contributed by atoms with van der Waals surface area (Å²) in [6.07, 6.45) is -5.16. The SMILES string of the molecule is COC1O[C@H](CNS(=O)(=O)/C=C/c2ccccc2)C(O)[C@@H](O)[C@@H]1O. The zero-order valence-corrected chi connectivity index (χ0v) is 13.8. The maximum Gasteiger partial charge on any atom is 0.233 e. The van der Waals surface area contributed by atoms with Crippen LogP contribution in [-0.2, 0) is 19.5 Å². The number of benzene rings is 1. The van der Waals surface area contributed by atoms with E-state index in [0.717, 1.165) is 11.0 Å². The number of aliphatic hydroxyl groups excluding tert-OH is 3. The normalized spacial score (nSPS) is 31.4. The molecule has 1 aliphatic rings. The molecule has 1 aromatic carbocycles. The largest absolute Gasteiger partial charge is 0.388 e. The van der Waals surface area contributed by atoms with Crippen molar-refractivity contribution >= 4 is 16.1 Å². The maximum absolute atomic E-state index is 12.0. The molecule has 1 saturated heterocycles.